The Morgan fingerprint density at radius 1 is 1.44 bits per heavy atom. The fourth-order valence-corrected chi connectivity index (χ4v) is 2.19. The molecule has 2 rings (SSSR count). The highest BCUT2D eigenvalue weighted by atomic mass is 35.5. The zero-order chi connectivity index (χ0) is 11.6. The van der Waals surface area contributed by atoms with Crippen LogP contribution >= 0.6 is 11.6 Å². The molecule has 1 saturated carbocycles. The molecule has 0 radical (unpaired) electrons. The van der Waals surface area contributed by atoms with E-state index in [0.717, 1.165) is 18.7 Å². The Morgan fingerprint density at radius 3 is 2.75 bits per heavy atom. The van der Waals surface area contributed by atoms with Gasteiger partial charge in [0.05, 0.1) is 0 Å². The summed E-state index contributed by atoms with van der Waals surface area (Å²) in [6.07, 6.45) is 3.89. The third-order valence-electron chi connectivity index (χ3n) is 3.54. The SMILES string of the molecule is CCC1(CNCc2ccc(F)cc2Cl)CC1. The fraction of sp³-hybridized carbons (Fsp3) is 0.538. The largest absolute Gasteiger partial charge is 0.312 e. The molecule has 0 atom stereocenters. The Labute approximate surface area is 101 Å². The van der Waals surface area contributed by atoms with E-state index in [1.807, 2.05) is 0 Å². The lowest BCUT2D eigenvalue weighted by Gasteiger charge is -2.13. The fourth-order valence-electron chi connectivity index (χ4n) is 1.96. The summed E-state index contributed by atoms with van der Waals surface area (Å²) < 4.78 is 12.8. The summed E-state index contributed by atoms with van der Waals surface area (Å²) in [5.41, 5.74) is 1.50. The summed E-state index contributed by atoms with van der Waals surface area (Å²) in [5, 5.41) is 3.92. The molecule has 0 unspecified atom stereocenters. The molecule has 1 aromatic rings. The van der Waals surface area contributed by atoms with Crippen molar-refractivity contribution in [3.63, 3.8) is 0 Å². The number of halogens is 2. The summed E-state index contributed by atoms with van der Waals surface area (Å²) in [6.45, 7) is 4.00. The van der Waals surface area contributed by atoms with Crippen LogP contribution in [0.15, 0.2) is 18.2 Å². The Bertz CT molecular complexity index is 374. The molecule has 3 heteroatoms. The maximum Gasteiger partial charge on any atom is 0.124 e. The van der Waals surface area contributed by atoms with Crippen LogP contribution < -0.4 is 5.32 Å². The molecular formula is C13H17ClFN. The van der Waals surface area contributed by atoms with Crippen molar-refractivity contribution in [2.24, 2.45) is 5.41 Å². The van der Waals surface area contributed by atoms with Crippen molar-refractivity contribution < 1.29 is 4.39 Å². The highest BCUT2D eigenvalue weighted by molar-refractivity contribution is 6.31. The summed E-state index contributed by atoms with van der Waals surface area (Å²) in [5.74, 6) is -0.277. The predicted molar refractivity (Wildman–Crippen MR) is 65.1 cm³/mol. The van der Waals surface area contributed by atoms with Crippen LogP contribution in [0.3, 0.4) is 0 Å². The van der Waals surface area contributed by atoms with Gasteiger partial charge >= 0.3 is 0 Å². The standard InChI is InChI=1S/C13H17ClFN/c1-2-13(5-6-13)9-16-8-10-3-4-11(15)7-12(10)14/h3-4,7,16H,2,5-6,8-9H2,1H3. The summed E-state index contributed by atoms with van der Waals surface area (Å²) >= 11 is 5.95. The summed E-state index contributed by atoms with van der Waals surface area (Å²) in [7, 11) is 0. The minimum absolute atomic E-state index is 0.277. The second-order valence-corrected chi connectivity index (χ2v) is 5.10. The average molecular weight is 242 g/mol. The lowest BCUT2D eigenvalue weighted by atomic mass is 10.0. The van der Waals surface area contributed by atoms with E-state index in [9.17, 15) is 4.39 Å². The van der Waals surface area contributed by atoms with E-state index in [1.54, 1.807) is 6.07 Å². The molecule has 1 nitrogen and oxygen atoms in total. The number of nitrogens with one attached hydrogen (secondary N) is 1. The molecule has 0 bridgehead atoms. The van der Waals surface area contributed by atoms with Gasteiger partial charge in [-0.25, -0.2) is 4.39 Å². The van der Waals surface area contributed by atoms with Crippen molar-refractivity contribution in [2.75, 3.05) is 6.54 Å². The number of benzene rings is 1. The molecule has 1 aliphatic carbocycles. The Kier molecular flexibility index (Phi) is 3.50. The normalized spacial score (nSPS) is 17.4. The molecule has 16 heavy (non-hydrogen) atoms. The molecule has 0 aromatic heterocycles. The van der Waals surface area contributed by atoms with Crippen LogP contribution in [0.4, 0.5) is 4.39 Å². The van der Waals surface area contributed by atoms with E-state index in [0.29, 0.717) is 10.4 Å². The van der Waals surface area contributed by atoms with Gasteiger partial charge in [-0.05, 0) is 42.4 Å². The van der Waals surface area contributed by atoms with Gasteiger partial charge in [-0.2, -0.15) is 0 Å². The van der Waals surface area contributed by atoms with Crippen molar-refractivity contribution in [2.45, 2.75) is 32.7 Å². The quantitative estimate of drug-likeness (QED) is 0.828. The molecule has 88 valence electrons. The molecule has 1 aromatic carbocycles. The molecule has 0 amide bonds. The minimum Gasteiger partial charge on any atom is -0.312 e. The van der Waals surface area contributed by atoms with Crippen molar-refractivity contribution in [1.82, 2.24) is 5.32 Å². The average Bonchev–Trinajstić information content (AvgIpc) is 3.02. The highest BCUT2D eigenvalue weighted by Gasteiger charge is 2.39. The zero-order valence-electron chi connectivity index (χ0n) is 9.52. The first-order chi connectivity index (χ1) is 7.65. The van der Waals surface area contributed by atoms with E-state index in [1.165, 1.54) is 31.4 Å². The van der Waals surface area contributed by atoms with Crippen LogP contribution in [0.5, 0.6) is 0 Å². The van der Waals surface area contributed by atoms with E-state index in [2.05, 4.69) is 12.2 Å². The second kappa shape index (κ2) is 4.72. The van der Waals surface area contributed by atoms with Gasteiger partial charge in [0.25, 0.3) is 0 Å². The van der Waals surface area contributed by atoms with Crippen molar-refractivity contribution in [1.29, 1.82) is 0 Å². The first-order valence-corrected chi connectivity index (χ1v) is 6.18. The van der Waals surface area contributed by atoms with Crippen molar-refractivity contribution >= 4 is 11.6 Å². The van der Waals surface area contributed by atoms with Crippen LogP contribution in [-0.2, 0) is 6.54 Å². The lowest BCUT2D eigenvalue weighted by Crippen LogP contribution is -2.23. The number of rotatable bonds is 5. The van der Waals surface area contributed by atoms with Crippen molar-refractivity contribution in [3.8, 4) is 0 Å². The topological polar surface area (TPSA) is 12.0 Å². The Balaban J connectivity index is 1.85. The second-order valence-electron chi connectivity index (χ2n) is 4.69. The third-order valence-corrected chi connectivity index (χ3v) is 3.89. The molecule has 0 saturated heterocycles. The highest BCUT2D eigenvalue weighted by Crippen LogP contribution is 2.47. The summed E-state index contributed by atoms with van der Waals surface area (Å²) in [6, 6.07) is 4.57. The number of hydrogen-bond donors (Lipinski definition) is 1. The van der Waals surface area contributed by atoms with Gasteiger partial charge in [0.1, 0.15) is 5.82 Å². The van der Waals surface area contributed by atoms with E-state index in [-0.39, 0.29) is 5.82 Å². The Morgan fingerprint density at radius 2 is 2.19 bits per heavy atom. The van der Waals surface area contributed by atoms with Crippen LogP contribution in [0.1, 0.15) is 31.7 Å². The number of hydrogen-bond acceptors (Lipinski definition) is 1. The molecule has 1 fully saturated rings. The van der Waals surface area contributed by atoms with Gasteiger partial charge < -0.3 is 5.32 Å². The van der Waals surface area contributed by atoms with Crippen LogP contribution in [0.2, 0.25) is 5.02 Å². The van der Waals surface area contributed by atoms with E-state index < -0.39 is 0 Å². The van der Waals surface area contributed by atoms with Gasteiger partial charge in [-0.3, -0.25) is 0 Å². The molecule has 0 spiro atoms. The maximum atomic E-state index is 12.8. The van der Waals surface area contributed by atoms with Gasteiger partial charge in [0.15, 0.2) is 0 Å². The van der Waals surface area contributed by atoms with Gasteiger partial charge in [-0.1, -0.05) is 24.6 Å². The first-order valence-electron chi connectivity index (χ1n) is 5.80. The van der Waals surface area contributed by atoms with Gasteiger partial charge in [0, 0.05) is 18.1 Å². The van der Waals surface area contributed by atoms with Crippen LogP contribution in [0.25, 0.3) is 0 Å². The molecule has 0 aliphatic heterocycles. The predicted octanol–water partition coefficient (Wildman–Crippen LogP) is 3.76. The van der Waals surface area contributed by atoms with Crippen LogP contribution in [-0.4, -0.2) is 6.54 Å². The van der Waals surface area contributed by atoms with Gasteiger partial charge in [-0.15, -0.1) is 0 Å². The minimum atomic E-state index is -0.277. The molecular weight excluding hydrogens is 225 g/mol. The van der Waals surface area contributed by atoms with Gasteiger partial charge in [0.2, 0.25) is 0 Å². The lowest BCUT2D eigenvalue weighted by molar-refractivity contribution is 0.443. The smallest absolute Gasteiger partial charge is 0.124 e. The zero-order valence-corrected chi connectivity index (χ0v) is 10.3. The third kappa shape index (κ3) is 2.74. The maximum absolute atomic E-state index is 12.8. The van der Waals surface area contributed by atoms with Crippen molar-refractivity contribution in [3.05, 3.63) is 34.6 Å². The summed E-state index contributed by atoms with van der Waals surface area (Å²) in [4.78, 5) is 0. The van der Waals surface area contributed by atoms with E-state index in [4.69, 9.17) is 11.6 Å². The first kappa shape index (κ1) is 11.9. The molecule has 0 heterocycles. The monoisotopic (exact) mass is 241 g/mol. The van der Waals surface area contributed by atoms with E-state index >= 15 is 0 Å². The van der Waals surface area contributed by atoms with Crippen LogP contribution in [0, 0.1) is 11.2 Å². The Hall–Kier alpha value is -0.600. The molecule has 1 N–H and O–H groups in total. The molecule has 1 aliphatic rings.